The Morgan fingerprint density at radius 1 is 1.27 bits per heavy atom. The second-order valence-corrected chi connectivity index (χ2v) is 4.17. The Labute approximate surface area is 93.3 Å². The first-order chi connectivity index (χ1) is 7.20. The zero-order valence-corrected chi connectivity index (χ0v) is 10.1. The number of carbonyl (C=O) groups excluding carboxylic acids is 1. The molecule has 0 aromatic carbocycles. The van der Waals surface area contributed by atoms with Crippen LogP contribution in [0.1, 0.15) is 52.4 Å². The molecule has 0 bridgehead atoms. The molecule has 0 aliphatic carbocycles. The van der Waals surface area contributed by atoms with E-state index in [-0.39, 0.29) is 5.91 Å². The Balaban J connectivity index is 3.33. The first-order valence-corrected chi connectivity index (χ1v) is 6.06. The van der Waals surface area contributed by atoms with Crippen molar-refractivity contribution in [2.24, 2.45) is 5.92 Å². The van der Waals surface area contributed by atoms with Crippen LogP contribution < -0.4 is 5.32 Å². The van der Waals surface area contributed by atoms with E-state index in [9.17, 15) is 4.79 Å². The summed E-state index contributed by atoms with van der Waals surface area (Å²) >= 11 is 0. The minimum atomic E-state index is 0.0414. The molecule has 1 amide bonds. The lowest BCUT2D eigenvalue weighted by Gasteiger charge is -2.13. The molecule has 0 aliphatic heterocycles. The summed E-state index contributed by atoms with van der Waals surface area (Å²) in [6.45, 7) is 4.78. The monoisotopic (exact) mass is 215 g/mol. The van der Waals surface area contributed by atoms with Crippen LogP contribution in [0.3, 0.4) is 0 Å². The van der Waals surface area contributed by atoms with E-state index in [1.807, 2.05) is 0 Å². The predicted octanol–water partition coefficient (Wildman–Crippen LogP) is 2.09. The number of carbonyl (C=O) groups is 1. The number of amides is 1. The molecule has 0 spiro atoms. The van der Waals surface area contributed by atoms with Crippen LogP contribution in [0, 0.1) is 5.92 Å². The molecule has 0 radical (unpaired) electrons. The molecule has 0 saturated heterocycles. The molecule has 0 saturated carbocycles. The summed E-state index contributed by atoms with van der Waals surface area (Å²) in [6, 6.07) is 0. The normalized spacial score (nSPS) is 12.5. The maximum Gasteiger partial charge on any atom is 0.216 e. The summed E-state index contributed by atoms with van der Waals surface area (Å²) < 4.78 is 0. The van der Waals surface area contributed by atoms with E-state index in [0.717, 1.165) is 32.2 Å². The highest BCUT2D eigenvalue weighted by Gasteiger charge is 2.05. The number of hydrogen-bond donors (Lipinski definition) is 2. The van der Waals surface area contributed by atoms with Gasteiger partial charge in [0, 0.05) is 20.1 Å². The topological polar surface area (TPSA) is 49.3 Å². The molecule has 0 fully saturated rings. The van der Waals surface area contributed by atoms with Crippen LogP contribution in [0.25, 0.3) is 0 Å². The highest BCUT2D eigenvalue weighted by atomic mass is 16.3. The molecule has 3 nitrogen and oxygen atoms in total. The molecule has 0 aromatic rings. The molecule has 0 aliphatic rings. The molecule has 2 N–H and O–H groups in total. The Morgan fingerprint density at radius 2 is 1.93 bits per heavy atom. The van der Waals surface area contributed by atoms with E-state index in [0.29, 0.717) is 12.5 Å². The molecule has 0 rings (SSSR count). The molecule has 90 valence electrons. The van der Waals surface area contributed by atoms with Crippen molar-refractivity contribution in [3.05, 3.63) is 0 Å². The fourth-order valence-electron chi connectivity index (χ4n) is 1.64. The molecular weight excluding hydrogens is 190 g/mol. The summed E-state index contributed by atoms with van der Waals surface area (Å²) in [5.41, 5.74) is 0. The highest BCUT2D eigenvalue weighted by Crippen LogP contribution is 2.14. The summed E-state index contributed by atoms with van der Waals surface area (Å²) in [5.74, 6) is 0.502. The van der Waals surface area contributed by atoms with E-state index >= 15 is 0 Å². The Bertz CT molecular complexity index is 160. The van der Waals surface area contributed by atoms with Gasteiger partial charge in [-0.2, -0.15) is 0 Å². The SMILES string of the molecule is CCCCC(CO)CCCCNC(C)=O. The maximum absolute atomic E-state index is 10.6. The average Bonchev–Trinajstić information content (AvgIpc) is 2.21. The van der Waals surface area contributed by atoms with E-state index in [4.69, 9.17) is 5.11 Å². The van der Waals surface area contributed by atoms with Gasteiger partial charge in [-0.05, 0) is 25.2 Å². The van der Waals surface area contributed by atoms with Gasteiger partial charge in [-0.25, -0.2) is 0 Å². The van der Waals surface area contributed by atoms with Gasteiger partial charge in [0.15, 0.2) is 0 Å². The highest BCUT2D eigenvalue weighted by molar-refractivity contribution is 5.72. The van der Waals surface area contributed by atoms with Gasteiger partial charge in [-0.1, -0.05) is 26.2 Å². The molecule has 0 heterocycles. The number of aliphatic hydroxyl groups is 1. The lowest BCUT2D eigenvalue weighted by atomic mass is 9.97. The van der Waals surface area contributed by atoms with Crippen molar-refractivity contribution in [2.75, 3.05) is 13.2 Å². The molecule has 0 aromatic heterocycles. The first kappa shape index (κ1) is 14.4. The number of rotatable bonds is 9. The lowest BCUT2D eigenvalue weighted by Crippen LogP contribution is -2.21. The fraction of sp³-hybridized carbons (Fsp3) is 0.917. The Hall–Kier alpha value is -0.570. The van der Waals surface area contributed by atoms with Crippen LogP contribution in [0.2, 0.25) is 0 Å². The van der Waals surface area contributed by atoms with Gasteiger partial charge < -0.3 is 10.4 Å². The van der Waals surface area contributed by atoms with Crippen molar-refractivity contribution >= 4 is 5.91 Å². The van der Waals surface area contributed by atoms with Gasteiger partial charge >= 0.3 is 0 Å². The number of unbranched alkanes of at least 4 members (excludes halogenated alkanes) is 2. The van der Waals surface area contributed by atoms with Crippen LogP contribution in [0.5, 0.6) is 0 Å². The van der Waals surface area contributed by atoms with E-state index in [2.05, 4.69) is 12.2 Å². The van der Waals surface area contributed by atoms with Crippen LogP contribution in [0.4, 0.5) is 0 Å². The largest absolute Gasteiger partial charge is 0.396 e. The van der Waals surface area contributed by atoms with Crippen LogP contribution >= 0.6 is 0 Å². The zero-order valence-electron chi connectivity index (χ0n) is 10.1. The van der Waals surface area contributed by atoms with Crippen molar-refractivity contribution in [3.63, 3.8) is 0 Å². The minimum Gasteiger partial charge on any atom is -0.396 e. The lowest BCUT2D eigenvalue weighted by molar-refractivity contribution is -0.118. The maximum atomic E-state index is 10.6. The van der Waals surface area contributed by atoms with E-state index < -0.39 is 0 Å². The van der Waals surface area contributed by atoms with Crippen molar-refractivity contribution in [1.82, 2.24) is 5.32 Å². The summed E-state index contributed by atoms with van der Waals surface area (Å²) in [7, 11) is 0. The van der Waals surface area contributed by atoms with E-state index in [1.165, 1.54) is 19.8 Å². The summed E-state index contributed by atoms with van der Waals surface area (Å²) in [5, 5.41) is 11.9. The van der Waals surface area contributed by atoms with E-state index in [1.54, 1.807) is 0 Å². The van der Waals surface area contributed by atoms with Gasteiger partial charge in [-0.15, -0.1) is 0 Å². The molecule has 1 unspecified atom stereocenters. The third kappa shape index (κ3) is 9.73. The van der Waals surface area contributed by atoms with Crippen LogP contribution in [-0.2, 0) is 4.79 Å². The van der Waals surface area contributed by atoms with Crippen molar-refractivity contribution in [1.29, 1.82) is 0 Å². The molecule has 15 heavy (non-hydrogen) atoms. The average molecular weight is 215 g/mol. The Kier molecular flexibility index (Phi) is 9.59. The smallest absolute Gasteiger partial charge is 0.216 e. The molecule has 3 heteroatoms. The first-order valence-electron chi connectivity index (χ1n) is 6.06. The van der Waals surface area contributed by atoms with Crippen molar-refractivity contribution in [3.8, 4) is 0 Å². The van der Waals surface area contributed by atoms with Crippen LogP contribution in [0.15, 0.2) is 0 Å². The summed E-state index contributed by atoms with van der Waals surface area (Å²) in [6.07, 6.45) is 6.72. The quantitative estimate of drug-likeness (QED) is 0.579. The number of aliphatic hydroxyl groups excluding tert-OH is 1. The van der Waals surface area contributed by atoms with Gasteiger partial charge in [0.25, 0.3) is 0 Å². The Morgan fingerprint density at radius 3 is 2.47 bits per heavy atom. The molecule has 1 atom stereocenters. The van der Waals surface area contributed by atoms with Gasteiger partial charge in [0.1, 0.15) is 0 Å². The van der Waals surface area contributed by atoms with Gasteiger partial charge in [0.05, 0.1) is 0 Å². The second-order valence-electron chi connectivity index (χ2n) is 4.17. The van der Waals surface area contributed by atoms with Crippen molar-refractivity contribution < 1.29 is 9.90 Å². The third-order valence-electron chi connectivity index (χ3n) is 2.64. The van der Waals surface area contributed by atoms with Crippen LogP contribution in [-0.4, -0.2) is 24.2 Å². The number of hydrogen-bond acceptors (Lipinski definition) is 2. The minimum absolute atomic E-state index is 0.0414. The predicted molar refractivity (Wildman–Crippen MR) is 62.6 cm³/mol. The second kappa shape index (κ2) is 9.97. The summed E-state index contributed by atoms with van der Waals surface area (Å²) in [4.78, 5) is 10.6. The fourth-order valence-corrected chi connectivity index (χ4v) is 1.64. The van der Waals surface area contributed by atoms with Crippen molar-refractivity contribution in [2.45, 2.75) is 52.4 Å². The van der Waals surface area contributed by atoms with Gasteiger partial charge in [0.2, 0.25) is 5.91 Å². The molecular formula is C12H25NO2. The third-order valence-corrected chi connectivity index (χ3v) is 2.64. The standard InChI is InChI=1S/C12H25NO2/c1-3-4-7-12(10-14)8-5-6-9-13-11(2)15/h12,14H,3-10H2,1-2H3,(H,13,15). The van der Waals surface area contributed by atoms with Gasteiger partial charge in [-0.3, -0.25) is 4.79 Å². The number of nitrogens with one attached hydrogen (secondary N) is 1. The zero-order chi connectivity index (χ0) is 11.5.